The standard InChI is InChI=1S/C16H23NO3/c1-13-9-7-8-10-14(13)17(2)15(18)11-5-3-4-6-12-16(19)20/h7-10H,3-6,11-12H2,1-2H3,(H,19,20). The van der Waals surface area contributed by atoms with Crippen LogP contribution >= 0.6 is 0 Å². The third kappa shape index (κ3) is 5.43. The smallest absolute Gasteiger partial charge is 0.303 e. The van der Waals surface area contributed by atoms with E-state index in [1.807, 2.05) is 31.2 Å². The molecule has 0 saturated carbocycles. The first-order chi connectivity index (χ1) is 9.52. The predicted molar refractivity (Wildman–Crippen MR) is 79.9 cm³/mol. The Bertz CT molecular complexity index is 457. The molecule has 0 spiro atoms. The fourth-order valence-electron chi connectivity index (χ4n) is 2.15. The van der Waals surface area contributed by atoms with E-state index in [4.69, 9.17) is 5.11 Å². The lowest BCUT2D eigenvalue weighted by Crippen LogP contribution is -2.26. The van der Waals surface area contributed by atoms with E-state index < -0.39 is 5.97 Å². The van der Waals surface area contributed by atoms with Crippen LogP contribution < -0.4 is 4.90 Å². The zero-order valence-corrected chi connectivity index (χ0v) is 12.3. The maximum atomic E-state index is 12.1. The normalized spacial score (nSPS) is 10.3. The number of carbonyl (C=O) groups is 2. The van der Waals surface area contributed by atoms with Crippen molar-refractivity contribution in [1.29, 1.82) is 0 Å². The number of unbranched alkanes of at least 4 members (excludes halogenated alkanes) is 3. The highest BCUT2D eigenvalue weighted by molar-refractivity contribution is 5.93. The summed E-state index contributed by atoms with van der Waals surface area (Å²) in [5.74, 6) is -0.641. The molecule has 0 atom stereocenters. The third-order valence-corrected chi connectivity index (χ3v) is 3.38. The lowest BCUT2D eigenvalue weighted by molar-refractivity contribution is -0.137. The molecular weight excluding hydrogens is 254 g/mol. The first-order valence-electron chi connectivity index (χ1n) is 7.06. The molecule has 0 saturated heterocycles. The number of amides is 1. The number of benzene rings is 1. The lowest BCUT2D eigenvalue weighted by Gasteiger charge is -2.19. The van der Waals surface area contributed by atoms with Crippen molar-refractivity contribution in [2.75, 3.05) is 11.9 Å². The summed E-state index contributed by atoms with van der Waals surface area (Å²) in [5, 5.41) is 8.52. The molecule has 0 unspecified atom stereocenters. The van der Waals surface area contributed by atoms with Crippen molar-refractivity contribution in [3.05, 3.63) is 29.8 Å². The highest BCUT2D eigenvalue weighted by Crippen LogP contribution is 2.19. The van der Waals surface area contributed by atoms with Crippen molar-refractivity contribution >= 4 is 17.6 Å². The van der Waals surface area contributed by atoms with Crippen molar-refractivity contribution < 1.29 is 14.7 Å². The van der Waals surface area contributed by atoms with E-state index in [2.05, 4.69) is 0 Å². The number of aliphatic carboxylic acids is 1. The molecule has 0 aliphatic rings. The van der Waals surface area contributed by atoms with Crippen LogP contribution in [0.4, 0.5) is 5.69 Å². The van der Waals surface area contributed by atoms with Crippen molar-refractivity contribution in [2.24, 2.45) is 0 Å². The monoisotopic (exact) mass is 277 g/mol. The van der Waals surface area contributed by atoms with Crippen LogP contribution in [0.25, 0.3) is 0 Å². The molecule has 0 radical (unpaired) electrons. The predicted octanol–water partition coefficient (Wildman–Crippen LogP) is 3.38. The number of hydrogen-bond acceptors (Lipinski definition) is 2. The van der Waals surface area contributed by atoms with Crippen molar-refractivity contribution in [2.45, 2.75) is 45.4 Å². The van der Waals surface area contributed by atoms with Gasteiger partial charge in [0, 0.05) is 25.6 Å². The minimum Gasteiger partial charge on any atom is -0.481 e. The van der Waals surface area contributed by atoms with Crippen molar-refractivity contribution in [1.82, 2.24) is 0 Å². The zero-order valence-electron chi connectivity index (χ0n) is 12.3. The van der Waals surface area contributed by atoms with E-state index in [0.717, 1.165) is 30.5 Å². The highest BCUT2D eigenvalue weighted by atomic mass is 16.4. The van der Waals surface area contributed by atoms with E-state index >= 15 is 0 Å². The van der Waals surface area contributed by atoms with Gasteiger partial charge in [-0.2, -0.15) is 0 Å². The molecule has 1 rings (SSSR count). The molecule has 0 aliphatic heterocycles. The van der Waals surface area contributed by atoms with Crippen LogP contribution in [0.5, 0.6) is 0 Å². The maximum Gasteiger partial charge on any atom is 0.303 e. The molecule has 0 heterocycles. The minimum absolute atomic E-state index is 0.109. The average molecular weight is 277 g/mol. The van der Waals surface area contributed by atoms with Crippen LogP contribution in [0.15, 0.2) is 24.3 Å². The fraction of sp³-hybridized carbons (Fsp3) is 0.500. The number of carboxylic acid groups (broad SMARTS) is 1. The summed E-state index contributed by atoms with van der Waals surface area (Å²) in [6.45, 7) is 1.99. The summed E-state index contributed by atoms with van der Waals surface area (Å²) >= 11 is 0. The Balaban J connectivity index is 2.29. The van der Waals surface area contributed by atoms with Crippen LogP contribution in [-0.4, -0.2) is 24.0 Å². The highest BCUT2D eigenvalue weighted by Gasteiger charge is 2.11. The zero-order chi connectivity index (χ0) is 15.0. The van der Waals surface area contributed by atoms with Crippen LogP contribution in [0, 0.1) is 6.92 Å². The fourth-order valence-corrected chi connectivity index (χ4v) is 2.15. The lowest BCUT2D eigenvalue weighted by atomic mass is 10.1. The summed E-state index contributed by atoms with van der Waals surface area (Å²) in [6.07, 6.45) is 4.01. The molecule has 1 amide bonds. The Morgan fingerprint density at radius 1 is 1.05 bits per heavy atom. The first-order valence-corrected chi connectivity index (χ1v) is 7.06. The van der Waals surface area contributed by atoms with Crippen LogP contribution in [0.2, 0.25) is 0 Å². The van der Waals surface area contributed by atoms with Gasteiger partial charge in [-0.05, 0) is 31.4 Å². The molecule has 1 aromatic rings. The number of carbonyl (C=O) groups excluding carboxylic acids is 1. The summed E-state index contributed by atoms with van der Waals surface area (Å²) in [7, 11) is 1.80. The molecule has 0 fully saturated rings. The van der Waals surface area contributed by atoms with Crippen molar-refractivity contribution in [3.8, 4) is 0 Å². The van der Waals surface area contributed by atoms with E-state index in [0.29, 0.717) is 12.8 Å². The topological polar surface area (TPSA) is 57.6 Å². The molecule has 0 bridgehead atoms. The Labute approximate surface area is 120 Å². The molecule has 4 heteroatoms. The molecular formula is C16H23NO3. The van der Waals surface area contributed by atoms with Crippen molar-refractivity contribution in [3.63, 3.8) is 0 Å². The van der Waals surface area contributed by atoms with Crippen LogP contribution in [0.3, 0.4) is 0 Å². The second-order valence-corrected chi connectivity index (χ2v) is 5.05. The Hall–Kier alpha value is -1.84. The van der Waals surface area contributed by atoms with Gasteiger partial charge in [0.1, 0.15) is 0 Å². The summed E-state index contributed by atoms with van der Waals surface area (Å²) < 4.78 is 0. The summed E-state index contributed by atoms with van der Waals surface area (Å²) in [6, 6.07) is 7.82. The first kappa shape index (κ1) is 16.2. The average Bonchev–Trinajstić information content (AvgIpc) is 2.42. The molecule has 110 valence electrons. The summed E-state index contributed by atoms with van der Waals surface area (Å²) in [5.41, 5.74) is 2.04. The van der Waals surface area contributed by atoms with E-state index in [1.54, 1.807) is 11.9 Å². The van der Waals surface area contributed by atoms with Gasteiger partial charge in [-0.25, -0.2) is 0 Å². The van der Waals surface area contributed by atoms with Gasteiger partial charge >= 0.3 is 5.97 Å². The number of hydrogen-bond donors (Lipinski definition) is 1. The van der Waals surface area contributed by atoms with E-state index in [1.165, 1.54) is 0 Å². The number of carboxylic acids is 1. The summed E-state index contributed by atoms with van der Waals surface area (Å²) in [4.78, 5) is 24.1. The molecule has 1 aromatic carbocycles. The minimum atomic E-state index is -0.750. The van der Waals surface area contributed by atoms with Gasteiger partial charge in [-0.3, -0.25) is 9.59 Å². The molecule has 1 N–H and O–H groups in total. The second kappa shape index (κ2) is 8.35. The Morgan fingerprint density at radius 2 is 1.65 bits per heavy atom. The number of aryl methyl sites for hydroxylation is 1. The van der Waals surface area contributed by atoms with Gasteiger partial charge in [-0.15, -0.1) is 0 Å². The quantitative estimate of drug-likeness (QED) is 0.741. The van der Waals surface area contributed by atoms with Gasteiger partial charge in [0.15, 0.2) is 0 Å². The Morgan fingerprint density at radius 3 is 2.25 bits per heavy atom. The third-order valence-electron chi connectivity index (χ3n) is 3.38. The van der Waals surface area contributed by atoms with Gasteiger partial charge < -0.3 is 10.0 Å². The molecule has 0 aliphatic carbocycles. The van der Waals surface area contributed by atoms with Gasteiger partial charge in [0.05, 0.1) is 0 Å². The van der Waals surface area contributed by atoms with Gasteiger partial charge in [0.25, 0.3) is 0 Å². The number of rotatable bonds is 8. The van der Waals surface area contributed by atoms with Crippen LogP contribution in [0.1, 0.15) is 44.1 Å². The largest absolute Gasteiger partial charge is 0.481 e. The molecule has 4 nitrogen and oxygen atoms in total. The SMILES string of the molecule is Cc1ccccc1N(C)C(=O)CCCCCCC(=O)O. The van der Waals surface area contributed by atoms with E-state index in [9.17, 15) is 9.59 Å². The number of para-hydroxylation sites is 1. The molecule has 20 heavy (non-hydrogen) atoms. The number of anilines is 1. The maximum absolute atomic E-state index is 12.1. The van der Waals surface area contributed by atoms with E-state index in [-0.39, 0.29) is 12.3 Å². The Kier molecular flexibility index (Phi) is 6.77. The van der Waals surface area contributed by atoms with Crippen LogP contribution in [-0.2, 0) is 9.59 Å². The van der Waals surface area contributed by atoms with Gasteiger partial charge in [-0.1, -0.05) is 31.0 Å². The number of nitrogens with zero attached hydrogens (tertiary/aromatic N) is 1. The van der Waals surface area contributed by atoms with Gasteiger partial charge in [0.2, 0.25) is 5.91 Å². The molecule has 0 aromatic heterocycles. The second-order valence-electron chi connectivity index (χ2n) is 5.05.